The van der Waals surface area contributed by atoms with Gasteiger partial charge in [0.2, 0.25) is 0 Å². The van der Waals surface area contributed by atoms with Gasteiger partial charge < -0.3 is 20.9 Å². The van der Waals surface area contributed by atoms with Gasteiger partial charge in [0, 0.05) is 25.2 Å². The van der Waals surface area contributed by atoms with Gasteiger partial charge in [0.05, 0.1) is 11.7 Å². The molecule has 1 aromatic rings. The summed E-state index contributed by atoms with van der Waals surface area (Å²) in [6, 6.07) is 3.52. The van der Waals surface area contributed by atoms with Gasteiger partial charge in [-0.3, -0.25) is 0 Å². The Labute approximate surface area is 106 Å². The van der Waals surface area contributed by atoms with E-state index in [0.717, 1.165) is 19.5 Å². The maximum atomic E-state index is 9.61. The molecule has 6 nitrogen and oxygen atoms in total. The molecule has 1 fully saturated rings. The Morgan fingerprint density at radius 2 is 2.44 bits per heavy atom. The number of nitrogens with two attached hydrogens (primary N) is 1. The highest BCUT2D eigenvalue weighted by atomic mass is 16.4. The fraction of sp³-hybridized carbons (Fsp3) is 0.500. The average Bonchev–Trinajstić information content (AvgIpc) is 2.87. The number of amidine groups is 1. The first-order valence-corrected chi connectivity index (χ1v) is 5.99. The van der Waals surface area contributed by atoms with E-state index < -0.39 is 0 Å². The Kier molecular flexibility index (Phi) is 3.66. The minimum atomic E-state index is -0.328. The van der Waals surface area contributed by atoms with Crippen LogP contribution in [0.25, 0.3) is 0 Å². The summed E-state index contributed by atoms with van der Waals surface area (Å²) in [5.74, 6) is 1.00. The van der Waals surface area contributed by atoms with E-state index in [4.69, 9.17) is 10.9 Å². The molecule has 98 valence electrons. The van der Waals surface area contributed by atoms with Gasteiger partial charge in [-0.25, -0.2) is 4.98 Å². The summed E-state index contributed by atoms with van der Waals surface area (Å²) in [6.45, 7) is 3.36. The number of anilines is 1. The van der Waals surface area contributed by atoms with Gasteiger partial charge in [-0.1, -0.05) is 5.16 Å². The largest absolute Gasteiger partial charge is 0.409 e. The van der Waals surface area contributed by atoms with Crippen molar-refractivity contribution in [1.82, 2.24) is 4.98 Å². The standard InChI is InChI=1S/C12H18N4O2/c1-8(17)9-4-6-16(7-9)12-10(11(13)15-18)3-2-5-14-12/h2-3,5,8-9,17-18H,4,6-7H2,1H3,(H2,13,15). The van der Waals surface area contributed by atoms with Crippen LogP contribution in [0.5, 0.6) is 0 Å². The summed E-state index contributed by atoms with van der Waals surface area (Å²) in [4.78, 5) is 6.36. The maximum Gasteiger partial charge on any atom is 0.173 e. The predicted octanol–water partition coefficient (Wildman–Crippen LogP) is 0.383. The van der Waals surface area contributed by atoms with Gasteiger partial charge in [0.25, 0.3) is 0 Å². The van der Waals surface area contributed by atoms with Crippen molar-refractivity contribution in [3.8, 4) is 0 Å². The van der Waals surface area contributed by atoms with Gasteiger partial charge in [0.1, 0.15) is 5.82 Å². The zero-order valence-corrected chi connectivity index (χ0v) is 10.3. The first-order chi connectivity index (χ1) is 8.63. The predicted molar refractivity (Wildman–Crippen MR) is 68.7 cm³/mol. The molecule has 2 unspecified atom stereocenters. The second-order valence-electron chi connectivity index (χ2n) is 4.60. The van der Waals surface area contributed by atoms with Crippen LogP contribution in [0, 0.1) is 5.92 Å². The molecule has 0 saturated carbocycles. The third kappa shape index (κ3) is 2.38. The molecule has 0 spiro atoms. The molecule has 2 rings (SSSR count). The molecule has 0 amide bonds. The number of nitrogens with zero attached hydrogens (tertiary/aromatic N) is 3. The van der Waals surface area contributed by atoms with E-state index in [1.54, 1.807) is 25.3 Å². The van der Waals surface area contributed by atoms with Crippen LogP contribution in [0.4, 0.5) is 5.82 Å². The fourth-order valence-electron chi connectivity index (χ4n) is 2.28. The normalized spacial score (nSPS) is 22.2. The zero-order valence-electron chi connectivity index (χ0n) is 10.3. The number of aliphatic hydroxyl groups excluding tert-OH is 1. The van der Waals surface area contributed by atoms with E-state index in [2.05, 4.69) is 15.0 Å². The molecule has 1 aliphatic heterocycles. The third-order valence-corrected chi connectivity index (χ3v) is 3.38. The minimum absolute atomic E-state index is 0.0543. The van der Waals surface area contributed by atoms with Crippen molar-refractivity contribution in [3.05, 3.63) is 23.9 Å². The Balaban J connectivity index is 2.25. The summed E-state index contributed by atoms with van der Waals surface area (Å²) in [5, 5.41) is 21.4. The first kappa shape index (κ1) is 12.6. The van der Waals surface area contributed by atoms with E-state index in [9.17, 15) is 5.11 Å². The lowest BCUT2D eigenvalue weighted by Gasteiger charge is -2.20. The van der Waals surface area contributed by atoms with E-state index >= 15 is 0 Å². The first-order valence-electron chi connectivity index (χ1n) is 5.99. The maximum absolute atomic E-state index is 9.61. The molecule has 2 atom stereocenters. The summed E-state index contributed by atoms with van der Waals surface area (Å²) in [7, 11) is 0. The minimum Gasteiger partial charge on any atom is -0.409 e. The van der Waals surface area contributed by atoms with Crippen molar-refractivity contribution >= 4 is 11.7 Å². The van der Waals surface area contributed by atoms with Crippen LogP contribution in [0.3, 0.4) is 0 Å². The fourth-order valence-corrected chi connectivity index (χ4v) is 2.28. The molecular formula is C12H18N4O2. The molecule has 0 bridgehead atoms. The molecule has 6 heteroatoms. The van der Waals surface area contributed by atoms with Crippen LogP contribution in [0.2, 0.25) is 0 Å². The van der Waals surface area contributed by atoms with Crippen molar-refractivity contribution in [1.29, 1.82) is 0 Å². The molecule has 2 heterocycles. The summed E-state index contributed by atoms with van der Waals surface area (Å²) >= 11 is 0. The molecule has 0 aromatic carbocycles. The molecule has 0 aliphatic carbocycles. The van der Waals surface area contributed by atoms with Crippen LogP contribution in [0.15, 0.2) is 23.5 Å². The number of oxime groups is 1. The van der Waals surface area contributed by atoms with Crippen molar-refractivity contribution in [2.75, 3.05) is 18.0 Å². The number of aromatic nitrogens is 1. The van der Waals surface area contributed by atoms with Gasteiger partial charge in [0.15, 0.2) is 5.84 Å². The molecular weight excluding hydrogens is 232 g/mol. The quantitative estimate of drug-likeness (QED) is 0.312. The lowest BCUT2D eigenvalue weighted by atomic mass is 10.0. The van der Waals surface area contributed by atoms with Crippen LogP contribution in [-0.4, -0.2) is 40.3 Å². The highest BCUT2D eigenvalue weighted by molar-refractivity contribution is 6.01. The Morgan fingerprint density at radius 3 is 3.06 bits per heavy atom. The van der Waals surface area contributed by atoms with E-state index in [1.807, 2.05) is 0 Å². The second-order valence-corrected chi connectivity index (χ2v) is 4.60. The monoisotopic (exact) mass is 250 g/mol. The lowest BCUT2D eigenvalue weighted by molar-refractivity contribution is 0.136. The van der Waals surface area contributed by atoms with E-state index in [-0.39, 0.29) is 17.9 Å². The SMILES string of the molecule is CC(O)C1CCN(c2ncccc2/C(N)=N/O)C1. The molecule has 1 aliphatic rings. The van der Waals surface area contributed by atoms with Crippen molar-refractivity contribution in [2.24, 2.45) is 16.8 Å². The van der Waals surface area contributed by atoms with Gasteiger partial charge in [-0.2, -0.15) is 0 Å². The van der Waals surface area contributed by atoms with Crippen molar-refractivity contribution in [3.63, 3.8) is 0 Å². The number of rotatable bonds is 3. The average molecular weight is 250 g/mol. The molecule has 0 radical (unpaired) electrons. The second kappa shape index (κ2) is 5.22. The smallest absolute Gasteiger partial charge is 0.173 e. The zero-order chi connectivity index (χ0) is 13.1. The van der Waals surface area contributed by atoms with Crippen molar-refractivity contribution in [2.45, 2.75) is 19.4 Å². The molecule has 4 N–H and O–H groups in total. The van der Waals surface area contributed by atoms with E-state index in [0.29, 0.717) is 11.4 Å². The topological polar surface area (TPSA) is 95.0 Å². The lowest BCUT2D eigenvalue weighted by Crippen LogP contribution is -2.27. The van der Waals surface area contributed by atoms with E-state index in [1.165, 1.54) is 0 Å². The highest BCUT2D eigenvalue weighted by Gasteiger charge is 2.28. The number of aliphatic hydroxyl groups is 1. The van der Waals surface area contributed by atoms with Crippen LogP contribution in [0.1, 0.15) is 18.9 Å². The van der Waals surface area contributed by atoms with Crippen LogP contribution in [-0.2, 0) is 0 Å². The number of hydrogen-bond donors (Lipinski definition) is 3. The van der Waals surface area contributed by atoms with Gasteiger partial charge in [-0.15, -0.1) is 0 Å². The van der Waals surface area contributed by atoms with Crippen molar-refractivity contribution < 1.29 is 10.3 Å². The van der Waals surface area contributed by atoms with Crippen LogP contribution >= 0.6 is 0 Å². The summed E-state index contributed by atoms with van der Waals surface area (Å²) < 4.78 is 0. The Morgan fingerprint density at radius 1 is 1.67 bits per heavy atom. The van der Waals surface area contributed by atoms with Gasteiger partial charge >= 0.3 is 0 Å². The third-order valence-electron chi connectivity index (χ3n) is 3.38. The highest BCUT2D eigenvalue weighted by Crippen LogP contribution is 2.26. The molecule has 1 saturated heterocycles. The molecule has 1 aromatic heterocycles. The Hall–Kier alpha value is -1.82. The summed E-state index contributed by atoms with van der Waals surface area (Å²) in [6.07, 6.45) is 2.27. The molecule has 18 heavy (non-hydrogen) atoms. The summed E-state index contributed by atoms with van der Waals surface area (Å²) in [5.41, 5.74) is 6.26. The number of hydrogen-bond acceptors (Lipinski definition) is 5. The van der Waals surface area contributed by atoms with Gasteiger partial charge in [-0.05, 0) is 25.5 Å². The Bertz CT molecular complexity index is 447. The van der Waals surface area contributed by atoms with Crippen LogP contribution < -0.4 is 10.6 Å². The number of pyridine rings is 1.